The molecule has 4 aromatic carbocycles. The first kappa shape index (κ1) is 30.6. The summed E-state index contributed by atoms with van der Waals surface area (Å²) in [6.45, 7) is 2.29. The molecule has 2 aliphatic heterocycles. The van der Waals surface area contributed by atoms with Crippen molar-refractivity contribution < 1.29 is 28.6 Å². The van der Waals surface area contributed by atoms with Gasteiger partial charge in [-0.3, -0.25) is 14.5 Å². The Kier molecular flexibility index (Phi) is 8.48. The molecule has 1 saturated heterocycles. The van der Waals surface area contributed by atoms with E-state index in [2.05, 4.69) is 10.2 Å². The van der Waals surface area contributed by atoms with Gasteiger partial charge in [-0.25, -0.2) is 4.39 Å². The zero-order valence-electron chi connectivity index (χ0n) is 25.1. The van der Waals surface area contributed by atoms with E-state index >= 15 is 0 Å². The Morgan fingerprint density at radius 2 is 1.81 bits per heavy atom. The Hall–Kier alpha value is -5.00. The number of rotatable bonds is 9. The SMILES string of the molecule is CC1Cc2cc(/C(O)=C3\C(=O)C(=O)N(c4nnc(SCc5ccc(F)cc5)s4)C3c3cccc(OCc4ccccc4)c3)ccc2O1. The lowest BCUT2D eigenvalue weighted by Gasteiger charge is -2.23. The van der Waals surface area contributed by atoms with Crippen LogP contribution in [0.15, 0.2) is 107 Å². The van der Waals surface area contributed by atoms with Gasteiger partial charge in [0.25, 0.3) is 5.78 Å². The highest BCUT2D eigenvalue weighted by molar-refractivity contribution is 8.00. The molecule has 11 heteroatoms. The quantitative estimate of drug-likeness (QED) is 0.0568. The summed E-state index contributed by atoms with van der Waals surface area (Å²) < 4.78 is 25.8. The molecule has 1 aromatic heterocycles. The van der Waals surface area contributed by atoms with Crippen LogP contribution in [0, 0.1) is 5.82 Å². The van der Waals surface area contributed by atoms with E-state index in [0.29, 0.717) is 40.0 Å². The van der Waals surface area contributed by atoms with Crippen molar-refractivity contribution in [3.05, 3.63) is 136 Å². The summed E-state index contributed by atoms with van der Waals surface area (Å²) in [7, 11) is 0. The van der Waals surface area contributed by atoms with Crippen LogP contribution >= 0.6 is 23.1 Å². The van der Waals surface area contributed by atoms with Crippen molar-refractivity contribution in [1.29, 1.82) is 0 Å². The molecule has 0 aliphatic carbocycles. The van der Waals surface area contributed by atoms with E-state index < -0.39 is 17.7 Å². The number of amides is 1. The van der Waals surface area contributed by atoms with Crippen LogP contribution in [0.2, 0.25) is 0 Å². The van der Waals surface area contributed by atoms with Gasteiger partial charge in [0, 0.05) is 17.7 Å². The third kappa shape index (κ3) is 6.36. The van der Waals surface area contributed by atoms with Gasteiger partial charge in [0.2, 0.25) is 5.13 Å². The molecular formula is C36H28FN3O5S2. The Labute approximate surface area is 278 Å². The second-order valence-corrected chi connectivity index (χ2v) is 13.4. The van der Waals surface area contributed by atoms with E-state index in [-0.39, 0.29) is 28.4 Å². The van der Waals surface area contributed by atoms with Crippen LogP contribution in [-0.2, 0) is 28.4 Å². The van der Waals surface area contributed by atoms with Gasteiger partial charge in [-0.15, -0.1) is 10.2 Å². The normalized spacial score (nSPS) is 18.3. The average Bonchev–Trinajstić information content (AvgIpc) is 3.78. The van der Waals surface area contributed by atoms with Gasteiger partial charge in [0.05, 0.1) is 11.6 Å². The molecule has 1 fully saturated rings. The van der Waals surface area contributed by atoms with Crippen LogP contribution in [0.25, 0.3) is 5.76 Å². The first-order valence-corrected chi connectivity index (χ1v) is 16.7. The molecule has 1 N–H and O–H groups in total. The molecule has 5 aromatic rings. The van der Waals surface area contributed by atoms with Crippen molar-refractivity contribution in [2.75, 3.05) is 4.90 Å². The van der Waals surface area contributed by atoms with Crippen molar-refractivity contribution in [3.8, 4) is 11.5 Å². The summed E-state index contributed by atoms with van der Waals surface area (Å²) in [5, 5.41) is 20.5. The van der Waals surface area contributed by atoms with Crippen molar-refractivity contribution in [2.24, 2.45) is 0 Å². The third-order valence-electron chi connectivity index (χ3n) is 7.91. The highest BCUT2D eigenvalue weighted by Gasteiger charge is 2.48. The fraction of sp³-hybridized carbons (Fsp3) is 0.167. The lowest BCUT2D eigenvalue weighted by Crippen LogP contribution is -2.29. The molecule has 0 saturated carbocycles. The smallest absolute Gasteiger partial charge is 0.301 e. The summed E-state index contributed by atoms with van der Waals surface area (Å²) in [6.07, 6.45) is 0.664. The Morgan fingerprint density at radius 3 is 2.62 bits per heavy atom. The zero-order valence-corrected chi connectivity index (χ0v) is 26.8. The number of anilines is 1. The predicted octanol–water partition coefficient (Wildman–Crippen LogP) is 7.50. The van der Waals surface area contributed by atoms with Gasteiger partial charge in [0.15, 0.2) is 4.34 Å². The minimum Gasteiger partial charge on any atom is -0.507 e. The molecule has 1 amide bonds. The van der Waals surface area contributed by atoms with Gasteiger partial charge >= 0.3 is 5.91 Å². The number of thioether (sulfide) groups is 1. The number of aromatic nitrogens is 2. The number of hydrogen-bond acceptors (Lipinski definition) is 9. The number of carbonyl (C=O) groups is 2. The molecule has 2 aliphatic rings. The number of ketones is 1. The molecule has 2 atom stereocenters. The minimum atomic E-state index is -0.999. The number of benzene rings is 4. The number of aliphatic hydroxyl groups is 1. The van der Waals surface area contributed by atoms with Crippen molar-refractivity contribution in [3.63, 3.8) is 0 Å². The molecule has 0 radical (unpaired) electrons. The van der Waals surface area contributed by atoms with Gasteiger partial charge < -0.3 is 14.6 Å². The topological polar surface area (TPSA) is 102 Å². The lowest BCUT2D eigenvalue weighted by molar-refractivity contribution is -0.132. The number of aliphatic hydroxyl groups excluding tert-OH is 1. The maximum absolute atomic E-state index is 13.8. The largest absolute Gasteiger partial charge is 0.507 e. The average molecular weight is 666 g/mol. The van der Waals surface area contributed by atoms with Crippen LogP contribution in [0.5, 0.6) is 11.5 Å². The lowest BCUT2D eigenvalue weighted by atomic mass is 9.94. The molecular weight excluding hydrogens is 638 g/mol. The van der Waals surface area contributed by atoms with Crippen LogP contribution in [-0.4, -0.2) is 33.1 Å². The van der Waals surface area contributed by atoms with E-state index in [1.165, 1.54) is 28.8 Å². The van der Waals surface area contributed by atoms with Gasteiger partial charge in [-0.1, -0.05) is 77.7 Å². The number of carbonyl (C=O) groups excluding carboxylic acids is 2. The van der Waals surface area contributed by atoms with Gasteiger partial charge in [-0.05, 0) is 71.6 Å². The van der Waals surface area contributed by atoms with Crippen LogP contribution in [0.1, 0.15) is 40.8 Å². The molecule has 8 nitrogen and oxygen atoms in total. The number of nitrogens with zero attached hydrogens (tertiary/aromatic N) is 3. The first-order chi connectivity index (χ1) is 22.8. The van der Waals surface area contributed by atoms with E-state index in [1.54, 1.807) is 54.6 Å². The van der Waals surface area contributed by atoms with Crippen molar-refractivity contribution in [1.82, 2.24) is 10.2 Å². The Balaban J connectivity index is 1.25. The number of halogens is 1. The monoisotopic (exact) mass is 665 g/mol. The summed E-state index contributed by atoms with van der Waals surface area (Å²) in [4.78, 5) is 28.8. The fourth-order valence-corrected chi connectivity index (χ4v) is 7.49. The maximum Gasteiger partial charge on any atom is 0.301 e. The molecule has 2 unspecified atom stereocenters. The fourth-order valence-electron chi connectivity index (χ4n) is 5.67. The second kappa shape index (κ2) is 13.0. The van der Waals surface area contributed by atoms with E-state index in [9.17, 15) is 19.1 Å². The van der Waals surface area contributed by atoms with Crippen molar-refractivity contribution >= 4 is 45.7 Å². The molecule has 47 heavy (non-hydrogen) atoms. The van der Waals surface area contributed by atoms with E-state index in [1.807, 2.05) is 37.3 Å². The molecule has 3 heterocycles. The molecule has 0 spiro atoms. The van der Waals surface area contributed by atoms with Crippen LogP contribution in [0.4, 0.5) is 9.52 Å². The number of Topliss-reactive ketones (excluding diaryl/α,β-unsaturated/α-hetero) is 1. The number of fused-ring (bicyclic) bond motifs is 1. The molecule has 236 valence electrons. The first-order valence-electron chi connectivity index (χ1n) is 14.9. The Morgan fingerprint density at radius 1 is 1.00 bits per heavy atom. The standard InChI is InChI=1S/C36H28FN3O5S2/c1-21-16-26-17-25(12-15-29(26)45-21)32(41)30-31(24-8-5-9-28(18-24)44-19-22-6-3-2-4-7-22)40(34(43)33(30)42)35-38-39-36(47-35)46-20-23-10-13-27(37)14-11-23/h2-15,17-18,21,31,41H,16,19-20H2,1H3/b32-30+. The molecule has 7 rings (SSSR count). The summed E-state index contributed by atoms with van der Waals surface area (Å²) in [5.74, 6) is -0.477. The van der Waals surface area contributed by atoms with Crippen LogP contribution < -0.4 is 14.4 Å². The highest BCUT2D eigenvalue weighted by Crippen LogP contribution is 2.45. The van der Waals surface area contributed by atoms with E-state index in [0.717, 1.165) is 33.8 Å². The second-order valence-electron chi connectivity index (χ2n) is 11.2. The zero-order chi connectivity index (χ0) is 32.5. The highest BCUT2D eigenvalue weighted by atomic mass is 32.2. The third-order valence-corrected chi connectivity index (χ3v) is 10.0. The van der Waals surface area contributed by atoms with Gasteiger partial charge in [0.1, 0.15) is 35.8 Å². The molecule has 0 bridgehead atoms. The summed E-state index contributed by atoms with van der Waals surface area (Å²) in [6, 6.07) is 27.3. The van der Waals surface area contributed by atoms with Crippen molar-refractivity contribution in [2.45, 2.75) is 42.2 Å². The number of hydrogen-bond donors (Lipinski definition) is 1. The predicted molar refractivity (Wildman–Crippen MR) is 178 cm³/mol. The number of ether oxygens (including phenoxy) is 2. The Bertz CT molecular complexity index is 2000. The minimum absolute atomic E-state index is 0.000807. The van der Waals surface area contributed by atoms with Gasteiger partial charge in [-0.2, -0.15) is 0 Å². The van der Waals surface area contributed by atoms with Crippen LogP contribution in [0.3, 0.4) is 0 Å². The maximum atomic E-state index is 13.8. The summed E-state index contributed by atoms with van der Waals surface area (Å²) in [5.41, 5.74) is 3.71. The summed E-state index contributed by atoms with van der Waals surface area (Å²) >= 11 is 2.55. The van der Waals surface area contributed by atoms with E-state index in [4.69, 9.17) is 9.47 Å².